The molecule has 2 aromatic carbocycles. The third kappa shape index (κ3) is 4.10. The molecule has 0 bridgehead atoms. The summed E-state index contributed by atoms with van der Waals surface area (Å²) in [5.74, 6) is -1.70. The molecule has 1 heterocycles. The smallest absolute Gasteiger partial charge is 0.308 e. The number of carbonyl (C=O) groups is 2. The first kappa shape index (κ1) is 18.5. The largest absolute Gasteiger partial charge is 0.481 e. The van der Waals surface area contributed by atoms with Gasteiger partial charge in [0.25, 0.3) is 5.91 Å². The predicted octanol–water partition coefficient (Wildman–Crippen LogP) is 4.13. The summed E-state index contributed by atoms with van der Waals surface area (Å²) in [5.41, 5.74) is 1.58. The Hall–Kier alpha value is -2.27. The molecule has 2 aromatic rings. The number of hydrogen-bond donors (Lipinski definition) is 1. The van der Waals surface area contributed by atoms with Crippen LogP contribution in [0.1, 0.15) is 35.7 Å². The number of amides is 1. The van der Waals surface area contributed by atoms with Crippen molar-refractivity contribution in [2.75, 3.05) is 13.1 Å². The van der Waals surface area contributed by atoms with Gasteiger partial charge in [-0.2, -0.15) is 0 Å². The van der Waals surface area contributed by atoms with Gasteiger partial charge in [-0.3, -0.25) is 9.59 Å². The molecule has 2 unspecified atom stereocenters. The van der Waals surface area contributed by atoms with Crippen LogP contribution in [0.2, 0.25) is 0 Å². The fourth-order valence-electron chi connectivity index (χ4n) is 3.39. The maximum Gasteiger partial charge on any atom is 0.308 e. The molecule has 1 aliphatic rings. The molecular formula is C21H23NO3S. The number of hydrogen-bond acceptors (Lipinski definition) is 3. The van der Waals surface area contributed by atoms with Gasteiger partial charge in [0, 0.05) is 34.7 Å². The van der Waals surface area contributed by atoms with Crippen LogP contribution >= 0.6 is 11.8 Å². The lowest BCUT2D eigenvalue weighted by Crippen LogP contribution is -2.29. The Morgan fingerprint density at radius 3 is 2.27 bits per heavy atom. The zero-order valence-electron chi connectivity index (χ0n) is 15.0. The first-order valence-corrected chi connectivity index (χ1v) is 9.67. The highest BCUT2D eigenvalue weighted by Crippen LogP contribution is 2.34. The molecule has 5 heteroatoms. The van der Waals surface area contributed by atoms with Crippen LogP contribution in [0.3, 0.4) is 0 Å². The highest BCUT2D eigenvalue weighted by molar-refractivity contribution is 7.99. The van der Waals surface area contributed by atoms with Crippen molar-refractivity contribution < 1.29 is 14.7 Å². The summed E-state index contributed by atoms with van der Waals surface area (Å²) >= 11 is 1.75. The fourth-order valence-corrected chi connectivity index (χ4v) is 4.23. The first-order valence-electron chi connectivity index (χ1n) is 8.79. The number of nitrogens with zero attached hydrogens (tertiary/aromatic N) is 1. The van der Waals surface area contributed by atoms with Crippen LogP contribution in [-0.2, 0) is 4.79 Å². The van der Waals surface area contributed by atoms with E-state index in [-0.39, 0.29) is 18.4 Å². The molecule has 26 heavy (non-hydrogen) atoms. The summed E-state index contributed by atoms with van der Waals surface area (Å²) in [5, 5.41) is 10.1. The average Bonchev–Trinajstić information content (AvgIpc) is 3.08. The monoisotopic (exact) mass is 369 g/mol. The lowest BCUT2D eigenvalue weighted by Gasteiger charge is -2.17. The van der Waals surface area contributed by atoms with Gasteiger partial charge in [0.1, 0.15) is 0 Å². The number of likely N-dealkylation sites (tertiary alicyclic amines) is 1. The zero-order chi connectivity index (χ0) is 18.7. The lowest BCUT2D eigenvalue weighted by atomic mass is 9.89. The van der Waals surface area contributed by atoms with Crippen molar-refractivity contribution >= 4 is 23.6 Å². The van der Waals surface area contributed by atoms with E-state index in [9.17, 15) is 14.7 Å². The van der Waals surface area contributed by atoms with E-state index in [1.165, 1.54) is 0 Å². The van der Waals surface area contributed by atoms with Crippen molar-refractivity contribution in [3.63, 3.8) is 0 Å². The van der Waals surface area contributed by atoms with Crippen LogP contribution in [0, 0.1) is 5.92 Å². The minimum Gasteiger partial charge on any atom is -0.481 e. The molecule has 1 aliphatic heterocycles. The van der Waals surface area contributed by atoms with E-state index in [1.54, 1.807) is 16.7 Å². The maximum absolute atomic E-state index is 12.9. The second kappa shape index (κ2) is 7.96. The van der Waals surface area contributed by atoms with Gasteiger partial charge in [-0.25, -0.2) is 0 Å². The van der Waals surface area contributed by atoms with Crippen LogP contribution in [0.25, 0.3) is 0 Å². The van der Waals surface area contributed by atoms with Gasteiger partial charge in [0.2, 0.25) is 0 Å². The standard InChI is InChI=1S/C21H23NO3S/c1-14(2)26-17-10-8-16(9-11-17)20(23)22-12-18(19(13-22)21(24)25)15-6-4-3-5-7-15/h3-11,14,18-19H,12-13H2,1-2H3,(H,24,25). The van der Waals surface area contributed by atoms with Gasteiger partial charge in [0.15, 0.2) is 0 Å². The predicted molar refractivity (Wildman–Crippen MR) is 104 cm³/mol. The molecule has 0 saturated carbocycles. The van der Waals surface area contributed by atoms with Crippen LogP contribution in [-0.4, -0.2) is 40.2 Å². The summed E-state index contributed by atoms with van der Waals surface area (Å²) in [6.45, 7) is 4.94. The summed E-state index contributed by atoms with van der Waals surface area (Å²) < 4.78 is 0. The van der Waals surface area contributed by atoms with Crippen molar-refractivity contribution in [1.82, 2.24) is 4.90 Å². The molecule has 1 N–H and O–H groups in total. The molecule has 1 saturated heterocycles. The van der Waals surface area contributed by atoms with E-state index in [2.05, 4.69) is 13.8 Å². The minimum atomic E-state index is -0.849. The van der Waals surface area contributed by atoms with Crippen molar-refractivity contribution in [3.05, 3.63) is 65.7 Å². The molecule has 3 rings (SSSR count). The topological polar surface area (TPSA) is 57.6 Å². The van der Waals surface area contributed by atoms with Crippen LogP contribution in [0.15, 0.2) is 59.5 Å². The molecule has 4 nitrogen and oxygen atoms in total. The first-order chi connectivity index (χ1) is 12.5. The number of rotatable bonds is 5. The number of carbonyl (C=O) groups excluding carboxylic acids is 1. The van der Waals surface area contributed by atoms with E-state index in [0.29, 0.717) is 17.4 Å². The quantitative estimate of drug-likeness (QED) is 0.805. The number of aliphatic carboxylic acids is 1. The Balaban J connectivity index is 1.77. The summed E-state index contributed by atoms with van der Waals surface area (Å²) in [4.78, 5) is 27.3. The Kier molecular flexibility index (Phi) is 5.67. The fraction of sp³-hybridized carbons (Fsp3) is 0.333. The number of carboxylic acid groups (broad SMARTS) is 1. The van der Waals surface area contributed by atoms with Gasteiger partial charge in [-0.05, 0) is 29.8 Å². The van der Waals surface area contributed by atoms with Crippen molar-refractivity contribution in [2.45, 2.75) is 29.9 Å². The molecule has 0 aromatic heterocycles. The van der Waals surface area contributed by atoms with E-state index < -0.39 is 11.9 Å². The summed E-state index contributed by atoms with van der Waals surface area (Å²) in [6, 6.07) is 17.2. The second-order valence-electron chi connectivity index (χ2n) is 6.86. The third-order valence-electron chi connectivity index (χ3n) is 4.63. The SMILES string of the molecule is CC(C)Sc1ccc(C(=O)N2CC(C(=O)O)C(c3ccccc3)C2)cc1. The van der Waals surface area contributed by atoms with Crippen molar-refractivity contribution in [2.24, 2.45) is 5.92 Å². The molecule has 1 amide bonds. The molecule has 136 valence electrons. The molecule has 0 spiro atoms. The number of benzene rings is 2. The minimum absolute atomic E-state index is 0.101. The number of carboxylic acids is 1. The van der Waals surface area contributed by atoms with Crippen LogP contribution in [0.5, 0.6) is 0 Å². The number of thioether (sulfide) groups is 1. The van der Waals surface area contributed by atoms with E-state index in [4.69, 9.17) is 0 Å². The van der Waals surface area contributed by atoms with E-state index in [0.717, 1.165) is 10.5 Å². The Labute approximate surface area is 158 Å². The van der Waals surface area contributed by atoms with Gasteiger partial charge in [-0.15, -0.1) is 11.8 Å². The molecule has 0 radical (unpaired) electrons. The third-order valence-corrected chi connectivity index (χ3v) is 5.64. The van der Waals surface area contributed by atoms with Gasteiger partial charge >= 0.3 is 5.97 Å². The highest BCUT2D eigenvalue weighted by atomic mass is 32.2. The molecular weight excluding hydrogens is 346 g/mol. The van der Waals surface area contributed by atoms with Crippen molar-refractivity contribution in [3.8, 4) is 0 Å². The Bertz CT molecular complexity index is 774. The second-order valence-corrected chi connectivity index (χ2v) is 8.51. The van der Waals surface area contributed by atoms with Crippen LogP contribution in [0.4, 0.5) is 0 Å². The normalized spacial score (nSPS) is 19.7. The van der Waals surface area contributed by atoms with Gasteiger partial charge in [0.05, 0.1) is 5.92 Å². The Morgan fingerprint density at radius 2 is 1.69 bits per heavy atom. The van der Waals surface area contributed by atoms with Crippen LogP contribution < -0.4 is 0 Å². The zero-order valence-corrected chi connectivity index (χ0v) is 15.8. The van der Waals surface area contributed by atoms with Gasteiger partial charge < -0.3 is 10.0 Å². The molecule has 2 atom stereocenters. The molecule has 0 aliphatic carbocycles. The Morgan fingerprint density at radius 1 is 1.04 bits per heavy atom. The maximum atomic E-state index is 12.9. The summed E-state index contributed by atoms with van der Waals surface area (Å²) in [6.07, 6.45) is 0. The summed E-state index contributed by atoms with van der Waals surface area (Å²) in [7, 11) is 0. The van der Waals surface area contributed by atoms with Gasteiger partial charge in [-0.1, -0.05) is 44.2 Å². The molecule has 1 fully saturated rings. The van der Waals surface area contributed by atoms with Crippen molar-refractivity contribution in [1.29, 1.82) is 0 Å². The highest BCUT2D eigenvalue weighted by Gasteiger charge is 2.40. The lowest BCUT2D eigenvalue weighted by molar-refractivity contribution is -0.141. The van der Waals surface area contributed by atoms with E-state index in [1.807, 2.05) is 54.6 Å². The van der Waals surface area contributed by atoms with E-state index >= 15 is 0 Å². The average molecular weight is 369 g/mol.